The van der Waals surface area contributed by atoms with E-state index in [0.29, 0.717) is 0 Å². The van der Waals surface area contributed by atoms with Gasteiger partial charge in [-0.3, -0.25) is 0 Å². The Morgan fingerprint density at radius 2 is 1.50 bits per heavy atom. The van der Waals surface area contributed by atoms with Crippen LogP contribution in [0.3, 0.4) is 0 Å². The molecule has 1 aromatic carbocycles. The molecule has 0 fully saturated rings. The molecule has 12 heavy (non-hydrogen) atoms. The molecule has 1 rings (SSSR count). The van der Waals surface area contributed by atoms with E-state index in [2.05, 4.69) is 43.9 Å². The quantitative estimate of drug-likeness (QED) is 0.340. The van der Waals surface area contributed by atoms with E-state index in [-0.39, 0.29) is 47.0 Å². The molecule has 0 N–H and O–H groups in total. The predicted molar refractivity (Wildman–Crippen MR) is 54.7 cm³/mol. The van der Waals surface area contributed by atoms with Gasteiger partial charge < -0.3 is 30.5 Å². The molecular formula is C9H13IMgSi. The van der Waals surface area contributed by atoms with Gasteiger partial charge in [0.15, 0.2) is 0 Å². The molecule has 1 aromatic rings. The van der Waals surface area contributed by atoms with Gasteiger partial charge >= 0.3 is 23.1 Å². The zero-order chi connectivity index (χ0) is 7.61. The van der Waals surface area contributed by atoms with Crippen LogP contribution in [0.15, 0.2) is 30.3 Å². The zero-order valence-electron chi connectivity index (χ0n) is 7.68. The standard InChI is InChI=1S/C9H13Si.HI.Mg/c1-10(2,3)9-7-5-4-6-8-9;;/h4-8H,1H2,2-3H3;1H;/q-1;;+2/p-1. The average Bonchev–Trinajstić information content (AvgIpc) is 1.88. The van der Waals surface area contributed by atoms with Gasteiger partial charge in [-0.15, -0.1) is 0 Å². The number of benzene rings is 1. The molecule has 0 saturated carbocycles. The van der Waals surface area contributed by atoms with E-state index in [0.717, 1.165) is 0 Å². The number of rotatable bonds is 1. The molecule has 0 amide bonds. The van der Waals surface area contributed by atoms with Gasteiger partial charge in [0.2, 0.25) is 0 Å². The molecule has 0 atom stereocenters. The second-order valence-corrected chi connectivity index (χ2v) is 7.60. The first-order chi connectivity index (χ1) is 4.61. The molecule has 0 aliphatic heterocycles. The van der Waals surface area contributed by atoms with Crippen LogP contribution in [-0.4, -0.2) is 31.1 Å². The molecule has 0 unspecified atom stereocenters. The largest absolute Gasteiger partial charge is 2.00 e. The molecule has 0 aromatic heterocycles. The molecule has 0 spiro atoms. The van der Waals surface area contributed by atoms with Gasteiger partial charge in [0.1, 0.15) is 0 Å². The van der Waals surface area contributed by atoms with E-state index in [9.17, 15) is 0 Å². The molecule has 0 bridgehead atoms. The maximum absolute atomic E-state index is 4.18. The fourth-order valence-corrected chi connectivity index (χ4v) is 1.98. The maximum atomic E-state index is 4.18. The van der Waals surface area contributed by atoms with E-state index < -0.39 is 8.07 Å². The molecule has 0 saturated heterocycles. The number of hydrogen-bond donors (Lipinski definition) is 0. The Morgan fingerprint density at radius 3 is 1.75 bits per heavy atom. The Bertz CT molecular complexity index is 206. The van der Waals surface area contributed by atoms with Crippen molar-refractivity contribution in [3.05, 3.63) is 36.9 Å². The summed E-state index contributed by atoms with van der Waals surface area (Å²) < 4.78 is 0. The maximum Gasteiger partial charge on any atom is 2.00 e. The van der Waals surface area contributed by atoms with Crippen LogP contribution < -0.4 is 29.2 Å². The van der Waals surface area contributed by atoms with Crippen LogP contribution >= 0.6 is 0 Å². The summed E-state index contributed by atoms with van der Waals surface area (Å²) >= 11 is 0. The predicted octanol–water partition coefficient (Wildman–Crippen LogP) is -1.40. The molecule has 62 valence electrons. The number of halogens is 1. The van der Waals surface area contributed by atoms with Crippen molar-refractivity contribution >= 4 is 36.3 Å². The van der Waals surface area contributed by atoms with Crippen molar-refractivity contribution in [3.8, 4) is 0 Å². The van der Waals surface area contributed by atoms with Crippen LogP contribution in [-0.2, 0) is 0 Å². The molecule has 0 aliphatic rings. The van der Waals surface area contributed by atoms with Crippen molar-refractivity contribution in [2.75, 3.05) is 0 Å². The van der Waals surface area contributed by atoms with Crippen LogP contribution in [0.5, 0.6) is 0 Å². The smallest absolute Gasteiger partial charge is 1.00 e. The topological polar surface area (TPSA) is 0 Å². The van der Waals surface area contributed by atoms with Gasteiger partial charge in [0, 0.05) is 0 Å². The summed E-state index contributed by atoms with van der Waals surface area (Å²) in [5, 5.41) is 1.43. The van der Waals surface area contributed by atoms with Crippen molar-refractivity contribution in [2.24, 2.45) is 0 Å². The van der Waals surface area contributed by atoms with Crippen LogP contribution in [0.25, 0.3) is 0 Å². The fourth-order valence-electron chi connectivity index (χ4n) is 0.889. The third kappa shape index (κ3) is 4.84. The summed E-state index contributed by atoms with van der Waals surface area (Å²) in [7, 11) is -1.28. The van der Waals surface area contributed by atoms with Crippen LogP contribution in [0.2, 0.25) is 13.1 Å². The first kappa shape index (κ1) is 15.4. The van der Waals surface area contributed by atoms with Gasteiger partial charge in [-0.1, -0.05) is 56.7 Å². The Morgan fingerprint density at radius 1 is 1.08 bits per heavy atom. The van der Waals surface area contributed by atoms with Gasteiger partial charge in [-0.25, -0.2) is 0 Å². The Kier molecular flexibility index (Phi) is 8.21. The third-order valence-corrected chi connectivity index (χ3v) is 3.45. The van der Waals surface area contributed by atoms with Crippen molar-refractivity contribution in [2.45, 2.75) is 13.1 Å². The van der Waals surface area contributed by atoms with Gasteiger partial charge in [0.05, 0.1) is 0 Å². The van der Waals surface area contributed by atoms with Crippen LogP contribution in [0.4, 0.5) is 0 Å². The van der Waals surface area contributed by atoms with Crippen LogP contribution in [0.1, 0.15) is 0 Å². The summed E-state index contributed by atoms with van der Waals surface area (Å²) in [6.45, 7) is 8.68. The normalized spacial score (nSPS) is 9.58. The van der Waals surface area contributed by atoms with E-state index >= 15 is 0 Å². The number of hydrogen-bond acceptors (Lipinski definition) is 0. The SMILES string of the molecule is [CH2-][Si](C)(C)c1ccccc1.[I-].[Mg+2]. The molecular weight excluding hydrogens is 287 g/mol. The third-order valence-electron chi connectivity index (χ3n) is 1.56. The molecule has 0 aliphatic carbocycles. The fraction of sp³-hybridized carbons (Fsp3) is 0.222. The molecule has 0 heterocycles. The first-order valence-corrected chi connectivity index (χ1v) is 6.72. The Hall–Kier alpha value is 0.933. The monoisotopic (exact) mass is 300 g/mol. The van der Waals surface area contributed by atoms with Crippen molar-refractivity contribution in [1.29, 1.82) is 0 Å². The van der Waals surface area contributed by atoms with Crippen molar-refractivity contribution < 1.29 is 24.0 Å². The summed E-state index contributed by atoms with van der Waals surface area (Å²) in [5.74, 6) is 0. The first-order valence-electron chi connectivity index (χ1n) is 3.51. The zero-order valence-corrected chi connectivity index (χ0v) is 12.3. The van der Waals surface area contributed by atoms with E-state index in [1.54, 1.807) is 0 Å². The van der Waals surface area contributed by atoms with Crippen molar-refractivity contribution in [3.63, 3.8) is 0 Å². The van der Waals surface area contributed by atoms with Gasteiger partial charge in [0.25, 0.3) is 0 Å². The van der Waals surface area contributed by atoms with Crippen LogP contribution in [0, 0.1) is 6.55 Å². The Labute approximate surface area is 109 Å². The molecule has 0 radical (unpaired) electrons. The van der Waals surface area contributed by atoms with Gasteiger partial charge in [-0.05, 0) is 0 Å². The van der Waals surface area contributed by atoms with Gasteiger partial charge in [-0.2, -0.15) is 0 Å². The summed E-state index contributed by atoms with van der Waals surface area (Å²) in [4.78, 5) is 0. The van der Waals surface area contributed by atoms with E-state index in [1.807, 2.05) is 6.07 Å². The minimum Gasteiger partial charge on any atom is -1.00 e. The second-order valence-electron chi connectivity index (χ2n) is 3.25. The Balaban J connectivity index is 0. The van der Waals surface area contributed by atoms with E-state index in [1.165, 1.54) is 5.19 Å². The molecule has 3 heteroatoms. The van der Waals surface area contributed by atoms with Crippen molar-refractivity contribution in [1.82, 2.24) is 0 Å². The summed E-state index contributed by atoms with van der Waals surface area (Å²) in [6.07, 6.45) is 0. The minimum absolute atomic E-state index is 0. The average molecular weight is 300 g/mol. The minimum atomic E-state index is -1.28. The summed E-state index contributed by atoms with van der Waals surface area (Å²) in [5.41, 5.74) is 0. The summed E-state index contributed by atoms with van der Waals surface area (Å²) in [6, 6.07) is 10.5. The second kappa shape index (κ2) is 6.40. The van der Waals surface area contributed by atoms with E-state index in [4.69, 9.17) is 0 Å². The molecule has 0 nitrogen and oxygen atoms in total.